The monoisotopic (exact) mass is 313 g/mol. The van der Waals surface area contributed by atoms with Gasteiger partial charge in [-0.3, -0.25) is 4.79 Å². The highest BCUT2D eigenvalue weighted by Gasteiger charge is 2.27. The van der Waals surface area contributed by atoms with E-state index in [1.807, 2.05) is 12.1 Å². The Labute approximate surface area is 136 Å². The van der Waals surface area contributed by atoms with E-state index in [0.29, 0.717) is 23.3 Å². The van der Waals surface area contributed by atoms with E-state index >= 15 is 0 Å². The molecule has 2 atom stereocenters. The lowest BCUT2D eigenvalue weighted by Gasteiger charge is -2.12. The molecule has 0 unspecified atom stereocenters. The van der Waals surface area contributed by atoms with Gasteiger partial charge in [-0.2, -0.15) is 0 Å². The minimum Gasteiger partial charge on any atom is -0.326 e. The van der Waals surface area contributed by atoms with E-state index in [9.17, 15) is 4.79 Å². The van der Waals surface area contributed by atoms with Crippen molar-refractivity contribution in [2.75, 3.05) is 5.32 Å². The summed E-state index contributed by atoms with van der Waals surface area (Å²) >= 11 is 5.85. The maximum atomic E-state index is 12.2. The van der Waals surface area contributed by atoms with Gasteiger partial charge in [-0.05, 0) is 60.9 Å². The average Bonchev–Trinajstić information content (AvgIpc) is 2.99. The number of carbonyl (C=O) groups excluding carboxylic acids is 1. The van der Waals surface area contributed by atoms with Crippen molar-refractivity contribution in [3.05, 3.63) is 65.2 Å². The Kier molecular flexibility index (Phi) is 4.79. The summed E-state index contributed by atoms with van der Waals surface area (Å²) in [6, 6.07) is 17.9. The lowest BCUT2D eigenvalue weighted by Crippen LogP contribution is -2.15. The Balaban J connectivity index is 1.51. The number of rotatable bonds is 4. The topological polar surface area (TPSA) is 29.1 Å². The van der Waals surface area contributed by atoms with Crippen molar-refractivity contribution in [1.82, 2.24) is 0 Å². The van der Waals surface area contributed by atoms with E-state index in [1.165, 1.54) is 12.0 Å². The number of hydrogen-bond acceptors (Lipinski definition) is 1. The van der Waals surface area contributed by atoms with Gasteiger partial charge in [0.15, 0.2) is 0 Å². The molecule has 0 aliphatic heterocycles. The Morgan fingerprint density at radius 2 is 1.77 bits per heavy atom. The molecular weight excluding hydrogens is 294 g/mol. The normalized spacial score (nSPS) is 20.8. The summed E-state index contributed by atoms with van der Waals surface area (Å²) in [4.78, 5) is 12.2. The van der Waals surface area contributed by atoms with Crippen molar-refractivity contribution < 1.29 is 4.79 Å². The van der Waals surface area contributed by atoms with Crippen LogP contribution in [0.5, 0.6) is 0 Å². The number of halogens is 1. The number of anilines is 1. The molecule has 3 heteroatoms. The van der Waals surface area contributed by atoms with E-state index in [1.54, 1.807) is 12.1 Å². The van der Waals surface area contributed by atoms with Gasteiger partial charge in [-0.25, -0.2) is 0 Å². The van der Waals surface area contributed by atoms with Gasteiger partial charge >= 0.3 is 0 Å². The maximum absolute atomic E-state index is 12.2. The van der Waals surface area contributed by atoms with Crippen LogP contribution < -0.4 is 5.32 Å². The third-order valence-electron chi connectivity index (χ3n) is 4.41. The second kappa shape index (κ2) is 6.97. The highest BCUT2D eigenvalue weighted by atomic mass is 35.5. The third-order valence-corrected chi connectivity index (χ3v) is 4.67. The van der Waals surface area contributed by atoms with Crippen molar-refractivity contribution >= 4 is 23.2 Å². The first-order valence-corrected chi connectivity index (χ1v) is 8.19. The molecule has 0 radical (unpaired) electrons. The van der Waals surface area contributed by atoms with Gasteiger partial charge in [-0.1, -0.05) is 41.9 Å². The molecule has 114 valence electrons. The predicted octanol–water partition coefficient (Wildman–Crippen LogP) is 5.25. The third kappa shape index (κ3) is 3.89. The molecule has 0 heterocycles. The lowest BCUT2D eigenvalue weighted by molar-refractivity contribution is -0.117. The van der Waals surface area contributed by atoms with Gasteiger partial charge in [0.2, 0.25) is 5.91 Å². The summed E-state index contributed by atoms with van der Waals surface area (Å²) in [5, 5.41) is 3.63. The van der Waals surface area contributed by atoms with Crippen molar-refractivity contribution in [1.29, 1.82) is 0 Å². The van der Waals surface area contributed by atoms with Crippen molar-refractivity contribution in [3.63, 3.8) is 0 Å². The fourth-order valence-electron chi connectivity index (χ4n) is 3.30. The van der Waals surface area contributed by atoms with Gasteiger partial charge in [0, 0.05) is 17.1 Å². The molecule has 1 aliphatic rings. The van der Waals surface area contributed by atoms with Crippen molar-refractivity contribution in [2.24, 2.45) is 5.92 Å². The molecule has 3 rings (SSSR count). The van der Waals surface area contributed by atoms with Crippen LogP contribution in [-0.2, 0) is 4.79 Å². The second-order valence-electron chi connectivity index (χ2n) is 6.05. The molecule has 1 fully saturated rings. The summed E-state index contributed by atoms with van der Waals surface area (Å²) in [5.41, 5.74) is 2.22. The van der Waals surface area contributed by atoms with E-state index < -0.39 is 0 Å². The first-order valence-electron chi connectivity index (χ1n) is 7.81. The van der Waals surface area contributed by atoms with Crippen LogP contribution >= 0.6 is 11.6 Å². The van der Waals surface area contributed by atoms with Crippen LogP contribution in [0.4, 0.5) is 5.69 Å². The first kappa shape index (κ1) is 15.1. The summed E-state index contributed by atoms with van der Waals surface area (Å²) in [7, 11) is 0. The molecule has 1 N–H and O–H groups in total. The standard InChI is InChI=1S/C19H20ClNO/c20-17-8-10-18(11-9-17)21-19(22)13-14-6-7-16(12-14)15-4-2-1-3-5-15/h1-5,8-11,14,16H,6-7,12-13H2,(H,21,22)/t14-,16+/m1/s1. The quantitative estimate of drug-likeness (QED) is 0.820. The Hall–Kier alpha value is -1.80. The first-order chi connectivity index (χ1) is 10.7. The van der Waals surface area contributed by atoms with Gasteiger partial charge < -0.3 is 5.32 Å². The molecule has 0 saturated heterocycles. The van der Waals surface area contributed by atoms with Crippen molar-refractivity contribution in [2.45, 2.75) is 31.6 Å². The number of amides is 1. The fourth-order valence-corrected chi connectivity index (χ4v) is 3.42. The smallest absolute Gasteiger partial charge is 0.224 e. The second-order valence-corrected chi connectivity index (χ2v) is 6.48. The van der Waals surface area contributed by atoms with Gasteiger partial charge in [0.05, 0.1) is 0 Å². The molecule has 0 aromatic heterocycles. The van der Waals surface area contributed by atoms with Crippen LogP contribution in [0.25, 0.3) is 0 Å². The molecule has 0 spiro atoms. The summed E-state index contributed by atoms with van der Waals surface area (Å²) < 4.78 is 0. The Morgan fingerprint density at radius 1 is 1.05 bits per heavy atom. The molecule has 22 heavy (non-hydrogen) atoms. The molecule has 2 aromatic carbocycles. The highest BCUT2D eigenvalue weighted by Crippen LogP contribution is 2.39. The lowest BCUT2D eigenvalue weighted by atomic mass is 9.95. The van der Waals surface area contributed by atoms with E-state index in [2.05, 4.69) is 35.6 Å². The minimum absolute atomic E-state index is 0.0982. The summed E-state index contributed by atoms with van der Waals surface area (Å²) in [6.07, 6.45) is 4.03. The minimum atomic E-state index is 0.0982. The molecule has 1 aliphatic carbocycles. The molecule has 2 aromatic rings. The maximum Gasteiger partial charge on any atom is 0.224 e. The van der Waals surface area contributed by atoms with Crippen LogP contribution in [0.1, 0.15) is 37.2 Å². The molecular formula is C19H20ClNO. The Morgan fingerprint density at radius 3 is 2.50 bits per heavy atom. The van der Waals surface area contributed by atoms with Crippen LogP contribution in [-0.4, -0.2) is 5.91 Å². The van der Waals surface area contributed by atoms with E-state index in [4.69, 9.17) is 11.6 Å². The van der Waals surface area contributed by atoms with Crippen LogP contribution in [0.3, 0.4) is 0 Å². The SMILES string of the molecule is O=C(C[C@@H]1CC[C@H](c2ccccc2)C1)Nc1ccc(Cl)cc1. The number of benzene rings is 2. The Bertz CT molecular complexity index is 624. The van der Waals surface area contributed by atoms with E-state index in [0.717, 1.165) is 18.5 Å². The zero-order valence-electron chi connectivity index (χ0n) is 12.5. The predicted molar refractivity (Wildman–Crippen MR) is 91.2 cm³/mol. The van der Waals surface area contributed by atoms with Crippen molar-refractivity contribution in [3.8, 4) is 0 Å². The number of hydrogen-bond donors (Lipinski definition) is 1. The number of carbonyl (C=O) groups is 1. The zero-order chi connectivity index (χ0) is 15.4. The van der Waals surface area contributed by atoms with Gasteiger partial charge in [0.25, 0.3) is 0 Å². The van der Waals surface area contributed by atoms with Crippen LogP contribution in [0, 0.1) is 5.92 Å². The summed E-state index contributed by atoms with van der Waals surface area (Å²) in [6.45, 7) is 0. The molecule has 1 amide bonds. The van der Waals surface area contributed by atoms with E-state index in [-0.39, 0.29) is 5.91 Å². The molecule has 2 nitrogen and oxygen atoms in total. The largest absolute Gasteiger partial charge is 0.326 e. The number of nitrogens with one attached hydrogen (secondary N) is 1. The highest BCUT2D eigenvalue weighted by molar-refractivity contribution is 6.30. The van der Waals surface area contributed by atoms with Crippen LogP contribution in [0.2, 0.25) is 5.02 Å². The van der Waals surface area contributed by atoms with Gasteiger partial charge in [0.1, 0.15) is 0 Å². The summed E-state index contributed by atoms with van der Waals surface area (Å²) in [5.74, 6) is 1.19. The average molecular weight is 314 g/mol. The van der Waals surface area contributed by atoms with Gasteiger partial charge in [-0.15, -0.1) is 0 Å². The molecule has 1 saturated carbocycles. The zero-order valence-corrected chi connectivity index (χ0v) is 13.2. The van der Waals surface area contributed by atoms with Crippen LogP contribution in [0.15, 0.2) is 54.6 Å². The fraction of sp³-hybridized carbons (Fsp3) is 0.316. The molecule has 0 bridgehead atoms.